The normalized spacial score (nSPS) is 21.3. The van der Waals surface area contributed by atoms with Crippen molar-refractivity contribution in [2.75, 3.05) is 13.2 Å². The number of halogens is 2. The minimum Gasteiger partial charge on any atom is -0.435 e. The molecular formula is C21H20F2N2O5S. The van der Waals surface area contributed by atoms with Crippen LogP contribution < -0.4 is 10.1 Å². The van der Waals surface area contributed by atoms with Crippen molar-refractivity contribution >= 4 is 28.9 Å². The van der Waals surface area contributed by atoms with Gasteiger partial charge in [-0.1, -0.05) is 6.07 Å². The van der Waals surface area contributed by atoms with Crippen molar-refractivity contribution < 1.29 is 32.6 Å². The van der Waals surface area contributed by atoms with E-state index in [4.69, 9.17) is 4.74 Å². The number of alkyl halides is 2. The van der Waals surface area contributed by atoms with E-state index in [2.05, 4.69) is 10.1 Å². The number of hydrogen-bond acceptors (Lipinski definition) is 6. The molecule has 2 saturated heterocycles. The average Bonchev–Trinajstić information content (AvgIpc) is 3.47. The maximum absolute atomic E-state index is 13.3. The fourth-order valence-corrected chi connectivity index (χ4v) is 4.65. The predicted octanol–water partition coefficient (Wildman–Crippen LogP) is 2.26. The molecule has 1 aromatic heterocycles. The lowest BCUT2D eigenvalue weighted by Crippen LogP contribution is -2.53. The van der Waals surface area contributed by atoms with E-state index in [1.165, 1.54) is 40.5 Å². The highest BCUT2D eigenvalue weighted by Crippen LogP contribution is 2.28. The van der Waals surface area contributed by atoms with Crippen LogP contribution in [0.5, 0.6) is 5.75 Å². The van der Waals surface area contributed by atoms with E-state index in [1.807, 2.05) is 17.5 Å². The topological polar surface area (TPSA) is 84.9 Å². The molecule has 1 N–H and O–H groups in total. The van der Waals surface area contributed by atoms with Gasteiger partial charge in [0.05, 0.1) is 6.10 Å². The van der Waals surface area contributed by atoms with Crippen LogP contribution in [0.25, 0.3) is 0 Å². The first kappa shape index (κ1) is 21.4. The fourth-order valence-electron chi connectivity index (χ4n) is 3.90. The van der Waals surface area contributed by atoms with Crippen LogP contribution in [0.2, 0.25) is 0 Å². The largest absolute Gasteiger partial charge is 0.435 e. The number of carbonyl (C=O) groups is 3. The van der Waals surface area contributed by atoms with Crippen LogP contribution >= 0.6 is 11.3 Å². The Balaban J connectivity index is 1.50. The highest BCUT2D eigenvalue weighted by Gasteiger charge is 2.48. The molecule has 0 saturated carbocycles. The van der Waals surface area contributed by atoms with E-state index in [-0.39, 0.29) is 42.1 Å². The van der Waals surface area contributed by atoms with Crippen LogP contribution in [-0.2, 0) is 20.7 Å². The average molecular weight is 450 g/mol. The van der Waals surface area contributed by atoms with Gasteiger partial charge in [-0.25, -0.2) is 0 Å². The molecule has 10 heteroatoms. The van der Waals surface area contributed by atoms with Crippen molar-refractivity contribution in [2.24, 2.45) is 0 Å². The summed E-state index contributed by atoms with van der Waals surface area (Å²) >= 11 is 1.46. The van der Waals surface area contributed by atoms with Crippen LogP contribution in [0.3, 0.4) is 0 Å². The molecular weight excluding hydrogens is 430 g/mol. The zero-order valence-electron chi connectivity index (χ0n) is 16.3. The molecule has 3 atom stereocenters. The lowest BCUT2D eigenvalue weighted by atomic mass is 10.1. The van der Waals surface area contributed by atoms with Gasteiger partial charge in [0, 0.05) is 23.4 Å². The molecule has 1 aromatic carbocycles. The molecule has 2 amide bonds. The first-order chi connectivity index (χ1) is 14.9. The van der Waals surface area contributed by atoms with E-state index >= 15 is 0 Å². The van der Waals surface area contributed by atoms with E-state index in [0.29, 0.717) is 13.0 Å². The van der Waals surface area contributed by atoms with Crippen LogP contribution in [0, 0.1) is 0 Å². The van der Waals surface area contributed by atoms with E-state index in [1.54, 1.807) is 0 Å². The SMILES string of the molecule is O=C(NC(Cc1cccs1)C(=O)N1CCC2OCC(=O)C21)c1ccc(OC(F)F)cc1. The summed E-state index contributed by atoms with van der Waals surface area (Å²) in [5.41, 5.74) is 0.199. The molecule has 0 spiro atoms. The summed E-state index contributed by atoms with van der Waals surface area (Å²) < 4.78 is 34.4. The van der Waals surface area contributed by atoms with Gasteiger partial charge in [0.1, 0.15) is 24.4 Å². The molecule has 0 aliphatic carbocycles. The van der Waals surface area contributed by atoms with Gasteiger partial charge in [-0.05, 0) is 42.1 Å². The minimum atomic E-state index is -2.96. The van der Waals surface area contributed by atoms with Gasteiger partial charge in [-0.3, -0.25) is 14.4 Å². The molecule has 2 fully saturated rings. The lowest BCUT2D eigenvalue weighted by molar-refractivity contribution is -0.138. The third kappa shape index (κ3) is 4.75. The summed E-state index contributed by atoms with van der Waals surface area (Å²) in [6.45, 7) is -2.58. The van der Waals surface area contributed by atoms with E-state index < -0.39 is 24.6 Å². The Labute approximate surface area is 180 Å². The summed E-state index contributed by atoms with van der Waals surface area (Å²) in [6, 6.07) is 7.44. The predicted molar refractivity (Wildman–Crippen MR) is 107 cm³/mol. The van der Waals surface area contributed by atoms with Crippen LogP contribution in [0.15, 0.2) is 41.8 Å². The number of rotatable bonds is 7. The second-order valence-corrected chi connectivity index (χ2v) is 8.33. The van der Waals surface area contributed by atoms with Gasteiger partial charge in [-0.15, -0.1) is 11.3 Å². The molecule has 3 unspecified atom stereocenters. The number of benzene rings is 1. The Bertz CT molecular complexity index is 951. The van der Waals surface area contributed by atoms with Crippen molar-refractivity contribution in [1.82, 2.24) is 10.2 Å². The molecule has 7 nitrogen and oxygen atoms in total. The minimum absolute atomic E-state index is 0.00585. The number of ketones is 1. The lowest BCUT2D eigenvalue weighted by Gasteiger charge is -2.27. The van der Waals surface area contributed by atoms with Crippen molar-refractivity contribution in [3.05, 3.63) is 52.2 Å². The van der Waals surface area contributed by atoms with Crippen molar-refractivity contribution in [3.8, 4) is 5.75 Å². The first-order valence-corrected chi connectivity index (χ1v) is 10.6. The number of fused-ring (bicyclic) bond motifs is 1. The Hall–Kier alpha value is -2.85. The maximum atomic E-state index is 13.3. The van der Waals surface area contributed by atoms with Gasteiger partial charge < -0.3 is 19.7 Å². The molecule has 4 rings (SSSR count). The Kier molecular flexibility index (Phi) is 6.28. The van der Waals surface area contributed by atoms with Crippen LogP contribution in [0.4, 0.5) is 8.78 Å². The number of nitrogens with one attached hydrogen (secondary N) is 1. The third-order valence-electron chi connectivity index (χ3n) is 5.33. The molecule has 0 bridgehead atoms. The monoisotopic (exact) mass is 450 g/mol. The molecule has 3 heterocycles. The van der Waals surface area contributed by atoms with Gasteiger partial charge in [0.15, 0.2) is 5.78 Å². The summed E-state index contributed by atoms with van der Waals surface area (Å²) in [5.74, 6) is -1.07. The molecule has 164 valence electrons. The first-order valence-electron chi connectivity index (χ1n) is 9.75. The van der Waals surface area contributed by atoms with Crippen molar-refractivity contribution in [2.45, 2.75) is 37.6 Å². The quantitative estimate of drug-likeness (QED) is 0.700. The second kappa shape index (κ2) is 9.11. The second-order valence-electron chi connectivity index (χ2n) is 7.29. The smallest absolute Gasteiger partial charge is 0.387 e. The van der Waals surface area contributed by atoms with Crippen LogP contribution in [-0.4, -0.2) is 60.4 Å². The van der Waals surface area contributed by atoms with Crippen molar-refractivity contribution in [1.29, 1.82) is 0 Å². The summed E-state index contributed by atoms with van der Waals surface area (Å²) in [7, 11) is 0. The highest BCUT2D eigenvalue weighted by atomic mass is 32.1. The highest BCUT2D eigenvalue weighted by molar-refractivity contribution is 7.09. The molecule has 2 aromatic rings. The maximum Gasteiger partial charge on any atom is 0.387 e. The zero-order chi connectivity index (χ0) is 22.0. The van der Waals surface area contributed by atoms with Crippen molar-refractivity contribution in [3.63, 3.8) is 0 Å². The number of thiophene rings is 1. The van der Waals surface area contributed by atoms with Gasteiger partial charge in [-0.2, -0.15) is 8.78 Å². The van der Waals surface area contributed by atoms with Crippen LogP contribution in [0.1, 0.15) is 21.7 Å². The number of amides is 2. The van der Waals surface area contributed by atoms with E-state index in [9.17, 15) is 23.2 Å². The number of Topliss-reactive ketones (excluding diaryl/α,β-unsaturated/α-hetero) is 1. The fraction of sp³-hybridized carbons (Fsp3) is 0.381. The summed E-state index contributed by atoms with van der Waals surface area (Å²) in [5, 5.41) is 4.61. The van der Waals surface area contributed by atoms with Gasteiger partial charge >= 0.3 is 6.61 Å². The standard InChI is InChI=1S/C21H20F2N2O5S/c22-21(23)30-13-5-3-12(4-6-13)19(27)24-15(10-14-2-1-9-31-14)20(28)25-8-7-17-18(25)16(26)11-29-17/h1-6,9,15,17-18,21H,7-8,10-11H2,(H,24,27). The Morgan fingerprint density at radius 1 is 1.26 bits per heavy atom. The molecule has 0 radical (unpaired) electrons. The van der Waals surface area contributed by atoms with E-state index in [0.717, 1.165) is 4.88 Å². The van der Waals surface area contributed by atoms with Gasteiger partial charge in [0.25, 0.3) is 5.91 Å². The number of carbonyl (C=O) groups excluding carboxylic acids is 3. The number of likely N-dealkylation sites (tertiary alicyclic amines) is 1. The Morgan fingerprint density at radius 2 is 2.03 bits per heavy atom. The zero-order valence-corrected chi connectivity index (χ0v) is 17.1. The summed E-state index contributed by atoms with van der Waals surface area (Å²) in [4.78, 5) is 40.7. The summed E-state index contributed by atoms with van der Waals surface area (Å²) in [6.07, 6.45) is 0.558. The molecule has 2 aliphatic heterocycles. The molecule has 31 heavy (non-hydrogen) atoms. The Morgan fingerprint density at radius 3 is 2.71 bits per heavy atom. The van der Waals surface area contributed by atoms with Gasteiger partial charge in [0.2, 0.25) is 5.91 Å². The molecule has 2 aliphatic rings. The number of hydrogen-bond donors (Lipinski definition) is 1. The number of ether oxygens (including phenoxy) is 2. The third-order valence-corrected chi connectivity index (χ3v) is 6.22. The number of nitrogens with zero attached hydrogens (tertiary/aromatic N) is 1.